The van der Waals surface area contributed by atoms with Crippen LogP contribution in [0.1, 0.15) is 116 Å². The van der Waals surface area contributed by atoms with Crippen LogP contribution in [-0.4, -0.2) is 37.6 Å². The van der Waals surface area contributed by atoms with Gasteiger partial charge in [0.15, 0.2) is 0 Å². The van der Waals surface area contributed by atoms with Crippen LogP contribution in [-0.2, 0) is 0 Å². The summed E-state index contributed by atoms with van der Waals surface area (Å²) in [6.45, 7) is 7.94. The third-order valence-corrected chi connectivity index (χ3v) is 8.31. The van der Waals surface area contributed by atoms with Gasteiger partial charge in [-0.1, -0.05) is 114 Å². The first-order chi connectivity index (χ1) is 20.9. The summed E-state index contributed by atoms with van der Waals surface area (Å²) in [4.78, 5) is 14.9. The minimum Gasteiger partial charge on any atom is -0.493 e. The Labute approximate surface area is 260 Å². The van der Waals surface area contributed by atoms with Crippen molar-refractivity contribution in [3.05, 3.63) is 94.5 Å². The zero-order valence-corrected chi connectivity index (χ0v) is 27.1. The van der Waals surface area contributed by atoms with E-state index in [-0.39, 0.29) is 11.9 Å². The van der Waals surface area contributed by atoms with Gasteiger partial charge in [-0.05, 0) is 66.8 Å². The number of ether oxygens (including phenoxy) is 2. The number of nitrogens with zero attached hydrogens (tertiary/aromatic N) is 1. The second-order valence-electron chi connectivity index (χ2n) is 11.8. The zero-order valence-electron chi connectivity index (χ0n) is 27.1. The van der Waals surface area contributed by atoms with Crippen LogP contribution < -0.4 is 15.2 Å². The van der Waals surface area contributed by atoms with E-state index in [1.165, 1.54) is 64.2 Å². The first-order valence-electron chi connectivity index (χ1n) is 16.4. The Kier molecular flexibility index (Phi) is 15.2. The van der Waals surface area contributed by atoms with Crippen molar-refractivity contribution in [2.45, 2.75) is 97.4 Å². The lowest BCUT2D eigenvalue weighted by Gasteiger charge is -2.20. The maximum absolute atomic E-state index is 13.2. The molecule has 3 rings (SSSR count). The van der Waals surface area contributed by atoms with E-state index in [1.807, 2.05) is 80.7 Å². The lowest BCUT2D eigenvalue weighted by Crippen LogP contribution is -2.31. The molecule has 0 spiro atoms. The maximum Gasteiger partial charge on any atom is 0.253 e. The van der Waals surface area contributed by atoms with E-state index in [0.717, 1.165) is 40.2 Å². The molecule has 0 saturated carbocycles. The van der Waals surface area contributed by atoms with E-state index in [1.54, 1.807) is 4.90 Å². The van der Waals surface area contributed by atoms with E-state index in [9.17, 15) is 4.79 Å². The van der Waals surface area contributed by atoms with Crippen molar-refractivity contribution in [3.8, 4) is 11.5 Å². The van der Waals surface area contributed by atoms with E-state index >= 15 is 0 Å². The molecule has 0 fully saturated rings. The summed E-state index contributed by atoms with van der Waals surface area (Å²) in [5.41, 5.74) is 11.3. The van der Waals surface area contributed by atoms with Crippen molar-refractivity contribution in [1.29, 1.82) is 0 Å². The van der Waals surface area contributed by atoms with Crippen LogP contribution in [0.4, 0.5) is 0 Å². The van der Waals surface area contributed by atoms with Crippen molar-refractivity contribution >= 4 is 5.91 Å². The average molecular weight is 587 g/mol. The van der Waals surface area contributed by atoms with Gasteiger partial charge < -0.3 is 20.1 Å². The number of amides is 1. The standard InChI is InChI=1S/C38H54N2O3/c1-5-6-7-8-9-10-11-12-13-14-18-26-43-36-29-34(28-30(2)31(36)3)38(41)40(4)25-27-42-35-23-21-33(22-24-35)37(39)32-19-16-15-17-20-32/h15-17,19-24,28-29,37H,5-14,18,25-27,39H2,1-4H3. The average Bonchev–Trinajstić information content (AvgIpc) is 3.03. The van der Waals surface area contributed by atoms with Gasteiger partial charge in [0, 0.05) is 12.6 Å². The Hall–Kier alpha value is -3.31. The summed E-state index contributed by atoms with van der Waals surface area (Å²) in [5, 5.41) is 0. The quantitative estimate of drug-likeness (QED) is 0.134. The molecule has 0 aromatic heterocycles. The maximum atomic E-state index is 13.2. The molecule has 3 aromatic rings. The number of unbranched alkanes of at least 4 members (excludes halogenated alkanes) is 10. The van der Waals surface area contributed by atoms with Gasteiger partial charge >= 0.3 is 0 Å². The molecule has 1 atom stereocenters. The Balaban J connectivity index is 1.38. The SMILES string of the molecule is CCCCCCCCCCCCCOc1cc(C(=O)N(C)CCOc2ccc(C(N)c3ccccc3)cc2)cc(C)c1C. The van der Waals surface area contributed by atoms with Crippen LogP contribution in [0.15, 0.2) is 66.7 Å². The number of benzene rings is 3. The largest absolute Gasteiger partial charge is 0.493 e. The topological polar surface area (TPSA) is 64.8 Å². The number of carbonyl (C=O) groups excluding carboxylic acids is 1. The molecule has 2 N–H and O–H groups in total. The highest BCUT2D eigenvalue weighted by Gasteiger charge is 2.16. The minimum absolute atomic E-state index is 0.0320. The molecule has 5 nitrogen and oxygen atoms in total. The number of hydrogen-bond acceptors (Lipinski definition) is 4. The molecule has 0 aliphatic heterocycles. The van der Waals surface area contributed by atoms with Crippen molar-refractivity contribution in [2.24, 2.45) is 5.73 Å². The molecule has 0 heterocycles. The predicted molar refractivity (Wildman–Crippen MR) is 179 cm³/mol. The van der Waals surface area contributed by atoms with Gasteiger partial charge in [0.05, 0.1) is 19.2 Å². The molecule has 5 heteroatoms. The van der Waals surface area contributed by atoms with Gasteiger partial charge in [0.25, 0.3) is 5.91 Å². The van der Waals surface area contributed by atoms with Crippen LogP contribution in [0.5, 0.6) is 11.5 Å². The summed E-state index contributed by atoms with van der Waals surface area (Å²) in [5.74, 6) is 1.54. The molecule has 43 heavy (non-hydrogen) atoms. The molecular weight excluding hydrogens is 532 g/mol. The Morgan fingerprint density at radius 3 is 1.95 bits per heavy atom. The summed E-state index contributed by atoms with van der Waals surface area (Å²) in [6.07, 6.45) is 14.4. The minimum atomic E-state index is -0.175. The fraction of sp³-hybridized carbons (Fsp3) is 0.500. The number of nitrogens with two attached hydrogens (primary N) is 1. The number of aryl methyl sites for hydroxylation is 1. The summed E-state index contributed by atoms with van der Waals surface area (Å²) < 4.78 is 12.1. The van der Waals surface area contributed by atoms with Crippen LogP contribution in [0.25, 0.3) is 0 Å². The highest BCUT2D eigenvalue weighted by atomic mass is 16.5. The lowest BCUT2D eigenvalue weighted by atomic mass is 10.00. The molecular formula is C38H54N2O3. The van der Waals surface area contributed by atoms with Gasteiger partial charge in [0.1, 0.15) is 18.1 Å². The van der Waals surface area contributed by atoms with Crippen molar-refractivity contribution in [2.75, 3.05) is 26.8 Å². The predicted octanol–water partition coefficient (Wildman–Crippen LogP) is 9.19. The van der Waals surface area contributed by atoms with Gasteiger partial charge in [-0.2, -0.15) is 0 Å². The van der Waals surface area contributed by atoms with E-state index < -0.39 is 0 Å². The smallest absolute Gasteiger partial charge is 0.253 e. The third-order valence-electron chi connectivity index (χ3n) is 8.31. The molecule has 0 bridgehead atoms. The van der Waals surface area contributed by atoms with Crippen LogP contribution in [0.2, 0.25) is 0 Å². The number of carbonyl (C=O) groups is 1. The van der Waals surface area contributed by atoms with Gasteiger partial charge in [-0.3, -0.25) is 4.79 Å². The first-order valence-corrected chi connectivity index (χ1v) is 16.4. The van der Waals surface area contributed by atoms with Crippen LogP contribution >= 0.6 is 0 Å². The van der Waals surface area contributed by atoms with Crippen LogP contribution in [0, 0.1) is 13.8 Å². The number of hydrogen-bond donors (Lipinski definition) is 1. The second kappa shape index (κ2) is 19.1. The molecule has 0 saturated heterocycles. The van der Waals surface area contributed by atoms with Gasteiger partial charge in [0.2, 0.25) is 0 Å². The monoisotopic (exact) mass is 586 g/mol. The Morgan fingerprint density at radius 1 is 0.744 bits per heavy atom. The Morgan fingerprint density at radius 2 is 1.33 bits per heavy atom. The van der Waals surface area contributed by atoms with Crippen molar-refractivity contribution in [3.63, 3.8) is 0 Å². The third kappa shape index (κ3) is 11.7. The molecule has 0 radical (unpaired) electrons. The van der Waals surface area contributed by atoms with E-state index in [2.05, 4.69) is 13.8 Å². The first kappa shape index (κ1) is 34.2. The molecule has 3 aromatic carbocycles. The Bertz CT molecular complexity index is 1210. The summed E-state index contributed by atoms with van der Waals surface area (Å²) >= 11 is 0. The van der Waals surface area contributed by atoms with E-state index in [4.69, 9.17) is 15.2 Å². The molecule has 0 aliphatic carbocycles. The molecule has 1 unspecified atom stereocenters. The highest BCUT2D eigenvalue weighted by Crippen LogP contribution is 2.25. The number of rotatable bonds is 20. The fourth-order valence-electron chi connectivity index (χ4n) is 5.30. The molecule has 234 valence electrons. The lowest BCUT2D eigenvalue weighted by molar-refractivity contribution is 0.0773. The van der Waals surface area contributed by atoms with Crippen molar-refractivity contribution < 1.29 is 14.3 Å². The van der Waals surface area contributed by atoms with Crippen LogP contribution in [0.3, 0.4) is 0 Å². The summed E-state index contributed by atoms with van der Waals surface area (Å²) in [6, 6.07) is 21.6. The molecule has 1 amide bonds. The number of likely N-dealkylation sites (N-methyl/N-ethyl adjacent to an activating group) is 1. The van der Waals surface area contributed by atoms with Gasteiger partial charge in [-0.25, -0.2) is 0 Å². The fourth-order valence-corrected chi connectivity index (χ4v) is 5.30. The van der Waals surface area contributed by atoms with Crippen molar-refractivity contribution in [1.82, 2.24) is 4.90 Å². The van der Waals surface area contributed by atoms with Gasteiger partial charge in [-0.15, -0.1) is 0 Å². The van der Waals surface area contributed by atoms with E-state index in [0.29, 0.717) is 25.3 Å². The highest BCUT2D eigenvalue weighted by molar-refractivity contribution is 5.94. The zero-order chi connectivity index (χ0) is 30.9. The summed E-state index contributed by atoms with van der Waals surface area (Å²) in [7, 11) is 1.81. The molecule has 0 aliphatic rings. The second-order valence-corrected chi connectivity index (χ2v) is 11.8. The normalized spacial score (nSPS) is 11.7.